The number of nitrogens with zero attached hydrogens (tertiary/aromatic N) is 1. The van der Waals surface area contributed by atoms with E-state index in [0.717, 1.165) is 112 Å². The molecular weight excluding hydrogens is 1170 g/mol. The second-order valence-corrected chi connectivity index (χ2v) is 29.0. The molecule has 0 aromatic carbocycles. The fourth-order valence-corrected chi connectivity index (χ4v) is 18.5. The molecule has 3 aliphatic rings. The van der Waals surface area contributed by atoms with Crippen LogP contribution < -0.4 is 44.1 Å². The van der Waals surface area contributed by atoms with Gasteiger partial charge >= 0.3 is 0 Å². The van der Waals surface area contributed by atoms with Crippen LogP contribution >= 0.6 is 34.0 Å². The first-order valence-electron chi connectivity index (χ1n) is 32.7. The molecule has 6 heterocycles. The molecule has 89 heavy (non-hydrogen) atoms. The van der Waals surface area contributed by atoms with E-state index in [4.69, 9.17) is 11.5 Å². The number of nitrogens with two attached hydrogens (primary N) is 2. The Kier molecular flexibility index (Phi) is 25.8. The van der Waals surface area contributed by atoms with Gasteiger partial charge in [-0.05, 0) is 260 Å². The molecule has 3 amide bonds. The lowest BCUT2D eigenvalue weighted by Gasteiger charge is -2.36. The number of thiophene rings is 3. The number of hydrogen-bond donors (Lipinski definition) is 8. The van der Waals surface area contributed by atoms with E-state index in [1.165, 1.54) is 66.0 Å². The predicted molar refractivity (Wildman–Crippen MR) is 369 cm³/mol. The molecule has 6 aromatic heterocycles. The molecule has 0 saturated heterocycles. The van der Waals surface area contributed by atoms with Crippen LogP contribution in [-0.2, 0) is 19.6 Å². The number of carbonyl (C=O) groups excluding carboxylic acids is 3. The van der Waals surface area contributed by atoms with E-state index >= 15 is 0 Å². The van der Waals surface area contributed by atoms with Crippen LogP contribution in [0.15, 0.2) is 48.7 Å². The first-order chi connectivity index (χ1) is 42.3. The lowest BCUT2D eigenvalue weighted by atomic mass is 9.75. The number of hydrogen-bond acceptors (Lipinski definition) is 12. The zero-order valence-corrected chi connectivity index (χ0v) is 58.1. The minimum absolute atomic E-state index is 0.0921. The third kappa shape index (κ3) is 17.8. The number of carbonyl (C=O) groups is 3. The Morgan fingerprint density at radius 2 is 0.719 bits per heavy atom. The highest BCUT2D eigenvalue weighted by Gasteiger charge is 2.34. The molecule has 3 saturated carbocycles. The Bertz CT molecular complexity index is 3390. The van der Waals surface area contributed by atoms with Crippen molar-refractivity contribution >= 4 is 51.7 Å². The molecule has 3 aliphatic carbocycles. The SMILES string of the molecule is CCC(c1scc(C(=O)NCc2c(C)cc(C)[nH]c2=O)c1C)C1CCC(N(C)C)CC1.CCC(c1scc(C(=O)NCc2c(C)cc(C)[nH]c2=O)c1C)C1CCC(N)CC1.CCC(c1scc(C(=O)NCc2c(C)cc(C)[nH]c2=O)c1C)C1CCC(N)CC1. The van der Waals surface area contributed by atoms with Crippen molar-refractivity contribution in [3.8, 4) is 0 Å². The number of nitrogens with one attached hydrogen (secondary N) is 6. The third-order valence-electron chi connectivity index (χ3n) is 19.9. The van der Waals surface area contributed by atoms with Crippen LogP contribution in [0.1, 0.15) is 248 Å². The maximum Gasteiger partial charge on any atom is 0.253 e. The molecule has 9 rings (SSSR count). The van der Waals surface area contributed by atoms with E-state index in [1.807, 2.05) is 75.9 Å². The summed E-state index contributed by atoms with van der Waals surface area (Å²) in [4.78, 5) is 90.1. The number of aryl methyl sites for hydroxylation is 6. The number of aromatic nitrogens is 3. The lowest BCUT2D eigenvalue weighted by molar-refractivity contribution is 0.0942. The molecule has 3 atom stereocenters. The fourth-order valence-electron chi connectivity index (χ4n) is 14.5. The molecule has 486 valence electrons. The van der Waals surface area contributed by atoms with Crippen molar-refractivity contribution in [2.45, 2.75) is 235 Å². The highest BCUT2D eigenvalue weighted by molar-refractivity contribution is 7.11. The van der Waals surface area contributed by atoms with Crippen molar-refractivity contribution in [2.75, 3.05) is 14.1 Å². The highest BCUT2D eigenvalue weighted by atomic mass is 32.1. The van der Waals surface area contributed by atoms with Crippen LogP contribution in [0.5, 0.6) is 0 Å². The zero-order chi connectivity index (χ0) is 65.0. The molecule has 3 unspecified atom stereocenters. The van der Waals surface area contributed by atoms with E-state index < -0.39 is 0 Å². The smallest absolute Gasteiger partial charge is 0.253 e. The number of H-pyrrole nitrogens is 3. The van der Waals surface area contributed by atoms with Gasteiger partial charge in [-0.15, -0.1) is 34.0 Å². The van der Waals surface area contributed by atoms with Crippen molar-refractivity contribution in [1.29, 1.82) is 0 Å². The van der Waals surface area contributed by atoms with Crippen LogP contribution in [0.4, 0.5) is 0 Å². The van der Waals surface area contributed by atoms with E-state index in [9.17, 15) is 28.8 Å². The Balaban J connectivity index is 0.000000190. The zero-order valence-electron chi connectivity index (χ0n) is 55.7. The highest BCUT2D eigenvalue weighted by Crippen LogP contribution is 2.45. The fraction of sp³-hybridized carbons (Fsp3) is 0.577. The van der Waals surface area contributed by atoms with Gasteiger partial charge in [0.25, 0.3) is 34.4 Å². The van der Waals surface area contributed by atoms with Crippen molar-refractivity contribution in [1.82, 2.24) is 35.8 Å². The van der Waals surface area contributed by atoms with E-state index in [0.29, 0.717) is 70.3 Å². The van der Waals surface area contributed by atoms with Gasteiger partial charge in [-0.1, -0.05) is 20.8 Å². The Morgan fingerprint density at radius 3 is 0.955 bits per heavy atom. The van der Waals surface area contributed by atoms with Crippen LogP contribution in [0.3, 0.4) is 0 Å². The first kappa shape index (κ1) is 70.7. The van der Waals surface area contributed by atoms with Crippen LogP contribution in [-0.4, -0.2) is 69.8 Å². The summed E-state index contributed by atoms with van der Waals surface area (Å²) >= 11 is 5.13. The monoisotopic (exact) mass is 1270 g/mol. The van der Waals surface area contributed by atoms with Crippen molar-refractivity contribution < 1.29 is 14.4 Å². The summed E-state index contributed by atoms with van der Waals surface area (Å²) in [5, 5.41) is 14.8. The average Bonchev–Trinajstić information content (AvgIpc) is 2.61. The summed E-state index contributed by atoms with van der Waals surface area (Å²) in [6, 6.07) is 7.20. The molecule has 6 aromatic rings. The molecule has 0 bridgehead atoms. The van der Waals surface area contributed by atoms with Crippen LogP contribution in [0.2, 0.25) is 0 Å². The van der Waals surface area contributed by atoms with Gasteiger partial charge in [0.2, 0.25) is 0 Å². The maximum absolute atomic E-state index is 12.9. The van der Waals surface area contributed by atoms with Gasteiger partial charge in [0, 0.05) is 102 Å². The summed E-state index contributed by atoms with van der Waals surface area (Å²) in [7, 11) is 4.37. The molecule has 3 fully saturated rings. The maximum atomic E-state index is 12.9. The second-order valence-electron chi connectivity index (χ2n) is 26.2. The van der Waals surface area contributed by atoms with E-state index in [2.05, 4.69) is 91.4 Å². The predicted octanol–water partition coefficient (Wildman–Crippen LogP) is 13.5. The van der Waals surface area contributed by atoms with E-state index in [-0.39, 0.29) is 54.0 Å². The van der Waals surface area contributed by atoms with Gasteiger partial charge in [-0.3, -0.25) is 28.8 Å². The minimum Gasteiger partial charge on any atom is -0.348 e. The molecule has 18 heteroatoms. The number of pyridine rings is 3. The first-order valence-corrected chi connectivity index (χ1v) is 35.3. The molecular formula is C71H103N9O6S3. The minimum atomic E-state index is -0.132. The Hall–Kier alpha value is -5.76. The average molecular weight is 1270 g/mol. The van der Waals surface area contributed by atoms with Crippen molar-refractivity contribution in [3.05, 3.63) is 164 Å². The van der Waals surface area contributed by atoms with Crippen LogP contribution in [0, 0.1) is 80.1 Å². The van der Waals surface area contributed by atoms with Gasteiger partial charge in [0.15, 0.2) is 0 Å². The number of rotatable bonds is 19. The van der Waals surface area contributed by atoms with Gasteiger partial charge in [-0.2, -0.15) is 0 Å². The lowest BCUT2D eigenvalue weighted by Crippen LogP contribution is -2.33. The second kappa shape index (κ2) is 32.5. The van der Waals surface area contributed by atoms with Gasteiger partial charge in [0.05, 0.1) is 16.7 Å². The van der Waals surface area contributed by atoms with Crippen molar-refractivity contribution in [3.63, 3.8) is 0 Å². The number of aromatic amines is 3. The molecule has 0 spiro atoms. The molecule has 15 nitrogen and oxygen atoms in total. The normalized spacial score (nSPS) is 20.3. The largest absolute Gasteiger partial charge is 0.348 e. The van der Waals surface area contributed by atoms with Gasteiger partial charge in [-0.25, -0.2) is 0 Å². The molecule has 0 aliphatic heterocycles. The summed E-state index contributed by atoms with van der Waals surface area (Å²) in [5.41, 5.74) is 24.3. The van der Waals surface area contributed by atoms with Crippen LogP contribution in [0.25, 0.3) is 0 Å². The topological polar surface area (TPSA) is 241 Å². The Labute approximate surface area is 540 Å². The van der Waals surface area contributed by atoms with Gasteiger partial charge in [0.1, 0.15) is 0 Å². The van der Waals surface area contributed by atoms with E-state index in [1.54, 1.807) is 34.0 Å². The quantitative estimate of drug-likeness (QED) is 0.0384. The Morgan fingerprint density at radius 1 is 0.461 bits per heavy atom. The standard InChI is InChI=1S/C25H37N3O2S.2C23H33N3O2S/c1-7-20(18-8-10-19(11-9-18)28(5)6)23-17(4)22(14-31-23)24(29)26-13-21-15(2)12-16(3)27-25(21)30;2*1-5-18(16-6-8-17(24)9-7-16)21-15(4)20(12-29-21)22(27)25-11-19-13(2)10-14(3)26-23(19)28/h12,14,18-20H,7-11,13H2,1-6H3,(H,26,29)(H,27,30);2*10,12,16-18H,5-9,11,24H2,1-4H3,(H,25,27)(H,26,28). The summed E-state index contributed by atoms with van der Waals surface area (Å²) in [6.45, 7) is 25.0. The summed E-state index contributed by atoms with van der Waals surface area (Å²) < 4.78 is 0. The van der Waals surface area contributed by atoms with Crippen molar-refractivity contribution in [2.24, 2.45) is 29.2 Å². The summed E-state index contributed by atoms with van der Waals surface area (Å²) in [5.74, 6) is 3.22. The van der Waals surface area contributed by atoms with Gasteiger partial charge < -0.3 is 47.3 Å². The third-order valence-corrected chi connectivity index (χ3v) is 23.5. The molecule has 0 radical (unpaired) electrons. The number of amides is 3. The molecule has 10 N–H and O–H groups in total. The summed E-state index contributed by atoms with van der Waals surface area (Å²) in [6.07, 6.45) is 17.4.